The standard InChI is InChI=1S/C14H20O2/c1-6-8-13(7-2)11(3)9-10-12(4)14(15)16-5/h6-10H,1-5H3/b8-6-,11-9+,12-10+,13-7+. The zero-order chi connectivity index (χ0) is 12.6. The van der Waals surface area contributed by atoms with E-state index in [0.717, 1.165) is 11.1 Å². The van der Waals surface area contributed by atoms with Gasteiger partial charge < -0.3 is 4.74 Å². The Bertz CT molecular complexity index is 355. The number of methoxy groups -OCH3 is 1. The third kappa shape index (κ3) is 4.78. The second-order valence-corrected chi connectivity index (χ2v) is 3.43. The van der Waals surface area contributed by atoms with E-state index >= 15 is 0 Å². The van der Waals surface area contributed by atoms with Gasteiger partial charge in [-0.25, -0.2) is 4.79 Å². The summed E-state index contributed by atoms with van der Waals surface area (Å²) in [4.78, 5) is 11.1. The molecule has 0 aromatic carbocycles. The fourth-order valence-corrected chi connectivity index (χ4v) is 1.21. The van der Waals surface area contributed by atoms with Gasteiger partial charge in [0.1, 0.15) is 0 Å². The topological polar surface area (TPSA) is 26.3 Å². The fraction of sp³-hybridized carbons (Fsp3) is 0.357. The molecular weight excluding hydrogens is 200 g/mol. The molecule has 0 bridgehead atoms. The van der Waals surface area contributed by atoms with Crippen LogP contribution >= 0.6 is 0 Å². The fourth-order valence-electron chi connectivity index (χ4n) is 1.21. The maximum atomic E-state index is 11.1. The van der Waals surface area contributed by atoms with E-state index in [4.69, 9.17) is 0 Å². The second kappa shape index (κ2) is 7.69. The molecule has 2 nitrogen and oxygen atoms in total. The van der Waals surface area contributed by atoms with Gasteiger partial charge in [0.15, 0.2) is 0 Å². The Balaban J connectivity index is 4.86. The lowest BCUT2D eigenvalue weighted by Crippen LogP contribution is -2.00. The van der Waals surface area contributed by atoms with Gasteiger partial charge in [-0.1, -0.05) is 30.4 Å². The third-order valence-corrected chi connectivity index (χ3v) is 2.20. The number of carbonyl (C=O) groups excluding carboxylic acids is 1. The lowest BCUT2D eigenvalue weighted by Gasteiger charge is -2.01. The Labute approximate surface area is 98.0 Å². The molecule has 2 heteroatoms. The highest BCUT2D eigenvalue weighted by molar-refractivity contribution is 5.88. The first-order chi connectivity index (χ1) is 7.56. The molecule has 0 N–H and O–H groups in total. The van der Waals surface area contributed by atoms with Crippen LogP contribution in [0.2, 0.25) is 0 Å². The van der Waals surface area contributed by atoms with Crippen molar-refractivity contribution < 1.29 is 9.53 Å². The monoisotopic (exact) mass is 220 g/mol. The van der Waals surface area contributed by atoms with E-state index in [0.29, 0.717) is 5.57 Å². The van der Waals surface area contributed by atoms with Gasteiger partial charge in [0, 0.05) is 5.57 Å². The van der Waals surface area contributed by atoms with Gasteiger partial charge in [-0.2, -0.15) is 0 Å². The van der Waals surface area contributed by atoms with Crippen molar-refractivity contribution in [3.05, 3.63) is 47.1 Å². The Morgan fingerprint density at radius 2 is 1.62 bits per heavy atom. The quantitative estimate of drug-likeness (QED) is 0.411. The molecule has 0 saturated heterocycles. The highest BCUT2D eigenvalue weighted by atomic mass is 16.5. The lowest BCUT2D eigenvalue weighted by atomic mass is 10.1. The summed E-state index contributed by atoms with van der Waals surface area (Å²) < 4.78 is 4.61. The summed E-state index contributed by atoms with van der Waals surface area (Å²) in [5, 5.41) is 0. The van der Waals surface area contributed by atoms with Crippen molar-refractivity contribution in [3.63, 3.8) is 0 Å². The van der Waals surface area contributed by atoms with Crippen LogP contribution in [-0.2, 0) is 9.53 Å². The summed E-state index contributed by atoms with van der Waals surface area (Å²) in [7, 11) is 1.38. The molecule has 0 aromatic heterocycles. The van der Waals surface area contributed by atoms with Crippen LogP contribution in [0.3, 0.4) is 0 Å². The van der Waals surface area contributed by atoms with Crippen molar-refractivity contribution in [2.24, 2.45) is 0 Å². The molecule has 0 atom stereocenters. The van der Waals surface area contributed by atoms with Gasteiger partial charge >= 0.3 is 5.97 Å². The summed E-state index contributed by atoms with van der Waals surface area (Å²) in [5.74, 6) is -0.294. The average Bonchev–Trinajstić information content (AvgIpc) is 2.31. The Hall–Kier alpha value is -1.57. The number of hydrogen-bond acceptors (Lipinski definition) is 2. The van der Waals surface area contributed by atoms with Crippen molar-refractivity contribution in [2.45, 2.75) is 27.7 Å². The number of ether oxygens (including phenoxy) is 1. The first-order valence-corrected chi connectivity index (χ1v) is 5.29. The van der Waals surface area contributed by atoms with E-state index in [1.807, 2.05) is 45.1 Å². The number of carbonyl (C=O) groups is 1. The summed E-state index contributed by atoms with van der Waals surface area (Å²) >= 11 is 0. The molecule has 0 unspecified atom stereocenters. The minimum absolute atomic E-state index is 0.294. The van der Waals surface area contributed by atoms with Gasteiger partial charge in [-0.15, -0.1) is 0 Å². The largest absolute Gasteiger partial charge is 0.466 e. The van der Waals surface area contributed by atoms with E-state index in [9.17, 15) is 4.79 Å². The minimum atomic E-state index is -0.294. The minimum Gasteiger partial charge on any atom is -0.466 e. The molecule has 0 spiro atoms. The average molecular weight is 220 g/mol. The molecule has 0 aromatic rings. The van der Waals surface area contributed by atoms with Crippen LogP contribution in [0.5, 0.6) is 0 Å². The molecule has 0 saturated carbocycles. The van der Waals surface area contributed by atoms with Crippen molar-refractivity contribution in [1.29, 1.82) is 0 Å². The molecule has 0 aliphatic rings. The van der Waals surface area contributed by atoms with E-state index in [1.54, 1.807) is 13.0 Å². The number of allylic oxidation sites excluding steroid dienone is 7. The zero-order valence-corrected chi connectivity index (χ0v) is 10.7. The van der Waals surface area contributed by atoms with E-state index in [-0.39, 0.29) is 5.97 Å². The molecule has 0 heterocycles. The normalized spacial score (nSPS) is 14.4. The SMILES string of the molecule is C\C=C/C(=C\C)C(/C)=C/C=C(\C)C(=O)OC. The van der Waals surface area contributed by atoms with Crippen LogP contribution in [-0.4, -0.2) is 13.1 Å². The molecular formula is C14H20O2. The predicted octanol–water partition coefficient (Wildman–Crippen LogP) is 3.57. The van der Waals surface area contributed by atoms with Gasteiger partial charge in [-0.05, 0) is 38.8 Å². The van der Waals surface area contributed by atoms with Crippen molar-refractivity contribution in [2.75, 3.05) is 7.11 Å². The van der Waals surface area contributed by atoms with Crippen LogP contribution < -0.4 is 0 Å². The summed E-state index contributed by atoms with van der Waals surface area (Å²) in [6.45, 7) is 7.72. The number of esters is 1. The van der Waals surface area contributed by atoms with Crippen LogP contribution in [0.15, 0.2) is 47.1 Å². The molecule has 0 aliphatic carbocycles. The summed E-state index contributed by atoms with van der Waals surface area (Å²) in [6, 6.07) is 0. The Morgan fingerprint density at radius 3 is 2.06 bits per heavy atom. The maximum absolute atomic E-state index is 11.1. The van der Waals surface area contributed by atoms with Crippen LogP contribution in [0, 0.1) is 0 Å². The van der Waals surface area contributed by atoms with Gasteiger partial charge in [-0.3, -0.25) is 0 Å². The number of hydrogen-bond donors (Lipinski definition) is 0. The summed E-state index contributed by atoms with van der Waals surface area (Å²) in [6.07, 6.45) is 9.75. The zero-order valence-electron chi connectivity index (χ0n) is 10.7. The third-order valence-electron chi connectivity index (χ3n) is 2.20. The molecule has 0 rings (SSSR count). The van der Waals surface area contributed by atoms with Crippen LogP contribution in [0.4, 0.5) is 0 Å². The van der Waals surface area contributed by atoms with Gasteiger partial charge in [0.2, 0.25) is 0 Å². The maximum Gasteiger partial charge on any atom is 0.333 e. The van der Waals surface area contributed by atoms with Crippen molar-refractivity contribution in [3.8, 4) is 0 Å². The highest BCUT2D eigenvalue weighted by Gasteiger charge is 2.00. The molecule has 88 valence electrons. The van der Waals surface area contributed by atoms with Gasteiger partial charge in [0.05, 0.1) is 7.11 Å². The van der Waals surface area contributed by atoms with E-state index < -0.39 is 0 Å². The first kappa shape index (κ1) is 14.4. The van der Waals surface area contributed by atoms with Gasteiger partial charge in [0.25, 0.3) is 0 Å². The van der Waals surface area contributed by atoms with Crippen molar-refractivity contribution >= 4 is 5.97 Å². The summed E-state index contributed by atoms with van der Waals surface area (Å²) in [5.41, 5.74) is 2.86. The Kier molecular flexibility index (Phi) is 6.93. The van der Waals surface area contributed by atoms with Crippen LogP contribution in [0.1, 0.15) is 27.7 Å². The molecule has 0 radical (unpaired) electrons. The number of rotatable bonds is 4. The van der Waals surface area contributed by atoms with E-state index in [2.05, 4.69) is 4.74 Å². The molecule has 16 heavy (non-hydrogen) atoms. The van der Waals surface area contributed by atoms with E-state index in [1.165, 1.54) is 7.11 Å². The Morgan fingerprint density at radius 1 is 1.06 bits per heavy atom. The van der Waals surface area contributed by atoms with Crippen molar-refractivity contribution in [1.82, 2.24) is 0 Å². The highest BCUT2D eigenvalue weighted by Crippen LogP contribution is 2.11. The first-order valence-electron chi connectivity index (χ1n) is 5.29. The lowest BCUT2D eigenvalue weighted by molar-refractivity contribution is -0.136. The van der Waals surface area contributed by atoms with Crippen LogP contribution in [0.25, 0.3) is 0 Å². The predicted molar refractivity (Wildman–Crippen MR) is 68.1 cm³/mol. The molecule has 0 fully saturated rings. The molecule has 0 aliphatic heterocycles. The molecule has 0 amide bonds. The smallest absolute Gasteiger partial charge is 0.333 e. The second-order valence-electron chi connectivity index (χ2n) is 3.43.